The second kappa shape index (κ2) is 11.3. The standard InChI is InChI=1S/C12H13N2O.3C4H9.Sn/c1-9-12(13-8-14(9)2)10-4-6-11(15-3)7-5-10;3*1-3-4-2;/h4-7H,1-3H3;3*1,3-4H2,2H3;. The van der Waals surface area contributed by atoms with E-state index in [0.717, 1.165) is 5.75 Å². The summed E-state index contributed by atoms with van der Waals surface area (Å²) in [5.74, 6) is 0.903. The zero-order valence-electron chi connectivity index (χ0n) is 19.0. The number of methoxy groups -OCH3 is 1. The Hall–Kier alpha value is -0.971. The summed E-state index contributed by atoms with van der Waals surface area (Å²) in [7, 11) is 3.98. The molecule has 1 aromatic carbocycles. The van der Waals surface area contributed by atoms with Gasteiger partial charge in [0.2, 0.25) is 0 Å². The van der Waals surface area contributed by atoms with E-state index in [0.29, 0.717) is 0 Å². The molecule has 0 aliphatic heterocycles. The molecule has 0 saturated heterocycles. The molecular formula is C24H40N2OSn. The number of nitrogens with zero attached hydrogens (tertiary/aromatic N) is 2. The molecular weight excluding hydrogens is 451 g/mol. The van der Waals surface area contributed by atoms with Gasteiger partial charge in [0.1, 0.15) is 0 Å². The first-order chi connectivity index (χ1) is 13.5. The van der Waals surface area contributed by atoms with Crippen molar-refractivity contribution in [1.29, 1.82) is 0 Å². The first-order valence-electron chi connectivity index (χ1n) is 11.2. The number of hydrogen-bond acceptors (Lipinski definition) is 2. The van der Waals surface area contributed by atoms with Gasteiger partial charge < -0.3 is 0 Å². The summed E-state index contributed by atoms with van der Waals surface area (Å²) in [4.78, 5) is 5.38. The predicted octanol–water partition coefficient (Wildman–Crippen LogP) is 6.46. The number of aromatic nitrogens is 2. The third-order valence-corrected chi connectivity index (χ3v) is 21.5. The summed E-state index contributed by atoms with van der Waals surface area (Å²) in [5.41, 5.74) is 3.69. The third-order valence-electron chi connectivity index (χ3n) is 6.25. The molecule has 0 aliphatic rings. The molecule has 0 bridgehead atoms. The van der Waals surface area contributed by atoms with Crippen molar-refractivity contribution in [2.45, 2.75) is 79.5 Å². The van der Waals surface area contributed by atoms with Gasteiger partial charge in [-0.25, -0.2) is 0 Å². The number of hydrogen-bond donors (Lipinski definition) is 0. The molecule has 28 heavy (non-hydrogen) atoms. The minimum absolute atomic E-state index is 0.903. The van der Waals surface area contributed by atoms with E-state index >= 15 is 0 Å². The van der Waals surface area contributed by atoms with E-state index in [-0.39, 0.29) is 0 Å². The molecule has 2 rings (SSSR count). The zero-order chi connectivity index (χ0) is 20.6. The van der Waals surface area contributed by atoms with Crippen molar-refractivity contribution in [2.24, 2.45) is 7.05 Å². The Balaban J connectivity index is 2.51. The number of benzene rings is 1. The number of rotatable bonds is 12. The Kier molecular flexibility index (Phi) is 9.39. The summed E-state index contributed by atoms with van der Waals surface area (Å²) in [6, 6.07) is 8.40. The Labute approximate surface area is 176 Å². The van der Waals surface area contributed by atoms with E-state index in [1.54, 1.807) is 7.11 Å². The molecule has 0 amide bonds. The Morgan fingerprint density at radius 1 is 0.893 bits per heavy atom. The summed E-state index contributed by atoms with van der Waals surface area (Å²) in [6.45, 7) is 9.25. The molecule has 0 aliphatic carbocycles. The molecule has 0 atom stereocenters. The van der Waals surface area contributed by atoms with Crippen LogP contribution in [0.25, 0.3) is 11.3 Å². The Morgan fingerprint density at radius 3 is 1.82 bits per heavy atom. The van der Waals surface area contributed by atoms with Crippen molar-refractivity contribution >= 4 is 22.2 Å². The van der Waals surface area contributed by atoms with E-state index in [2.05, 4.69) is 51.4 Å². The molecule has 0 fully saturated rings. The fourth-order valence-corrected chi connectivity index (χ4v) is 20.7. The van der Waals surface area contributed by atoms with E-state index in [1.807, 2.05) is 12.1 Å². The van der Waals surface area contributed by atoms with Gasteiger partial charge in [0.05, 0.1) is 0 Å². The van der Waals surface area contributed by atoms with E-state index in [4.69, 9.17) is 9.72 Å². The van der Waals surface area contributed by atoms with Crippen LogP contribution in [-0.4, -0.2) is 35.0 Å². The monoisotopic (exact) mass is 492 g/mol. The van der Waals surface area contributed by atoms with Crippen LogP contribution in [0, 0.1) is 6.92 Å². The molecule has 3 nitrogen and oxygen atoms in total. The molecule has 2 aromatic rings. The van der Waals surface area contributed by atoms with Gasteiger partial charge >= 0.3 is 177 Å². The molecule has 0 unspecified atom stereocenters. The maximum absolute atomic E-state index is 5.38. The zero-order valence-corrected chi connectivity index (χ0v) is 21.8. The van der Waals surface area contributed by atoms with E-state index < -0.39 is 18.4 Å². The summed E-state index contributed by atoms with van der Waals surface area (Å²) < 4.78 is 13.7. The quantitative estimate of drug-likeness (QED) is 0.319. The van der Waals surface area contributed by atoms with Crippen molar-refractivity contribution in [2.75, 3.05) is 7.11 Å². The van der Waals surface area contributed by atoms with Crippen molar-refractivity contribution < 1.29 is 4.74 Å². The van der Waals surface area contributed by atoms with Crippen LogP contribution in [0.5, 0.6) is 5.75 Å². The van der Waals surface area contributed by atoms with Crippen molar-refractivity contribution in [1.82, 2.24) is 9.55 Å². The number of ether oxygens (including phenoxy) is 1. The van der Waals surface area contributed by atoms with Crippen molar-refractivity contribution in [3.05, 3.63) is 30.0 Å². The Morgan fingerprint density at radius 2 is 1.39 bits per heavy atom. The topological polar surface area (TPSA) is 27.1 Å². The van der Waals surface area contributed by atoms with Crippen LogP contribution in [0.4, 0.5) is 0 Å². The first kappa shape index (κ1) is 23.3. The predicted molar refractivity (Wildman–Crippen MR) is 124 cm³/mol. The van der Waals surface area contributed by atoms with Gasteiger partial charge in [0.25, 0.3) is 0 Å². The summed E-state index contributed by atoms with van der Waals surface area (Å²) >= 11 is -2.54. The van der Waals surface area contributed by atoms with Crippen molar-refractivity contribution in [3.63, 3.8) is 0 Å². The number of imidazole rings is 1. The van der Waals surface area contributed by atoms with Crippen LogP contribution in [0.15, 0.2) is 24.3 Å². The minimum atomic E-state index is -2.54. The molecule has 0 radical (unpaired) electrons. The van der Waals surface area contributed by atoms with E-state index in [1.165, 1.54) is 72.6 Å². The van der Waals surface area contributed by atoms with E-state index in [9.17, 15) is 0 Å². The fraction of sp³-hybridized carbons (Fsp3) is 0.625. The van der Waals surface area contributed by atoms with Crippen molar-refractivity contribution in [3.8, 4) is 17.0 Å². The Bertz CT molecular complexity index is 699. The fourth-order valence-electron chi connectivity index (χ4n) is 4.33. The molecule has 0 N–H and O–H groups in total. The van der Waals surface area contributed by atoms with Crippen LogP contribution >= 0.6 is 0 Å². The molecule has 1 heterocycles. The van der Waals surface area contributed by atoms with Gasteiger partial charge in [-0.15, -0.1) is 0 Å². The molecule has 0 spiro atoms. The summed E-state index contributed by atoms with van der Waals surface area (Å²) in [6.07, 6.45) is 8.00. The van der Waals surface area contributed by atoms with Gasteiger partial charge in [0.15, 0.2) is 0 Å². The SMILES string of the molecule is CCC[CH2][Sn]([CH2]CCC)([CH2]CCC)[c]1nc(-c2ccc(OC)cc2)c(C)n1C. The second-order valence-corrected chi connectivity index (χ2v) is 21.1. The van der Waals surface area contributed by atoms with Crippen LogP contribution in [0.3, 0.4) is 0 Å². The van der Waals surface area contributed by atoms with Gasteiger partial charge in [-0.05, 0) is 0 Å². The van der Waals surface area contributed by atoms with Crippen LogP contribution in [-0.2, 0) is 7.05 Å². The molecule has 0 saturated carbocycles. The average Bonchev–Trinajstić information content (AvgIpc) is 3.03. The molecule has 156 valence electrons. The van der Waals surface area contributed by atoms with Crippen LogP contribution in [0.1, 0.15) is 65.0 Å². The van der Waals surface area contributed by atoms with Gasteiger partial charge in [0, 0.05) is 0 Å². The maximum atomic E-state index is 5.38. The summed E-state index contributed by atoms with van der Waals surface area (Å²) in [5, 5.41) is 0. The van der Waals surface area contributed by atoms with Gasteiger partial charge in [-0.3, -0.25) is 0 Å². The third kappa shape index (κ3) is 5.34. The molecule has 1 aromatic heterocycles. The van der Waals surface area contributed by atoms with Gasteiger partial charge in [-0.1, -0.05) is 0 Å². The van der Waals surface area contributed by atoms with Crippen LogP contribution < -0.4 is 8.58 Å². The normalized spacial score (nSPS) is 11.8. The average molecular weight is 491 g/mol. The first-order valence-corrected chi connectivity index (χ1v) is 18.7. The van der Waals surface area contributed by atoms with Gasteiger partial charge in [-0.2, -0.15) is 0 Å². The number of unbranched alkanes of at least 4 members (excludes halogenated alkanes) is 3. The van der Waals surface area contributed by atoms with Crippen LogP contribution in [0.2, 0.25) is 13.3 Å². The molecule has 4 heteroatoms. The second-order valence-electron chi connectivity index (χ2n) is 8.25.